The zero-order valence-electron chi connectivity index (χ0n) is 10.6. The van der Waals surface area contributed by atoms with Gasteiger partial charge < -0.3 is 9.47 Å². The molecule has 1 aromatic carbocycles. The molecule has 3 rings (SSSR count). The van der Waals surface area contributed by atoms with Gasteiger partial charge in [-0.2, -0.15) is 0 Å². The van der Waals surface area contributed by atoms with E-state index in [1.807, 2.05) is 18.3 Å². The summed E-state index contributed by atoms with van der Waals surface area (Å²) in [5.74, 6) is -0.121. The fraction of sp³-hybridized carbons (Fsp3) is 0.467. The molecule has 96 valence electrons. The van der Waals surface area contributed by atoms with Crippen LogP contribution < -0.4 is 0 Å². The van der Waals surface area contributed by atoms with Crippen molar-refractivity contribution in [2.75, 3.05) is 19.6 Å². The maximum atomic E-state index is 13.6. The van der Waals surface area contributed by atoms with Crippen LogP contribution in [0.1, 0.15) is 19.3 Å². The fourth-order valence-corrected chi connectivity index (χ4v) is 2.81. The second-order valence-corrected chi connectivity index (χ2v) is 5.08. The molecule has 0 bridgehead atoms. The summed E-state index contributed by atoms with van der Waals surface area (Å²) in [5, 5.41) is 0.733. The summed E-state index contributed by atoms with van der Waals surface area (Å²) in [7, 11) is 0. The Bertz CT molecular complexity index is 526. The van der Waals surface area contributed by atoms with E-state index in [2.05, 4.69) is 9.47 Å². The van der Waals surface area contributed by atoms with Crippen LogP contribution in [0.5, 0.6) is 0 Å². The van der Waals surface area contributed by atoms with Gasteiger partial charge in [0.15, 0.2) is 0 Å². The highest BCUT2D eigenvalue weighted by atomic mass is 19.1. The Morgan fingerprint density at radius 3 is 2.67 bits per heavy atom. The highest BCUT2D eigenvalue weighted by Gasteiger charge is 2.10. The van der Waals surface area contributed by atoms with Crippen LogP contribution in [0.25, 0.3) is 10.9 Å². The third-order valence-corrected chi connectivity index (χ3v) is 3.87. The zero-order chi connectivity index (χ0) is 12.4. The second-order valence-electron chi connectivity index (χ2n) is 5.08. The van der Waals surface area contributed by atoms with Crippen molar-refractivity contribution in [3.63, 3.8) is 0 Å². The molecule has 2 heterocycles. The molecule has 1 saturated heterocycles. The Labute approximate surface area is 107 Å². The third kappa shape index (κ3) is 2.27. The van der Waals surface area contributed by atoms with Gasteiger partial charge in [0.2, 0.25) is 0 Å². The number of hydrogen-bond acceptors (Lipinski definition) is 1. The SMILES string of the molecule is Fc1cccc2c1ccn2CCN1CCCCC1. The number of fused-ring (bicyclic) bond motifs is 1. The maximum Gasteiger partial charge on any atom is 0.132 e. The maximum absolute atomic E-state index is 13.6. The van der Waals surface area contributed by atoms with Crippen molar-refractivity contribution >= 4 is 10.9 Å². The van der Waals surface area contributed by atoms with E-state index in [0.29, 0.717) is 0 Å². The van der Waals surface area contributed by atoms with Crippen molar-refractivity contribution in [3.8, 4) is 0 Å². The van der Waals surface area contributed by atoms with Crippen LogP contribution in [0.4, 0.5) is 4.39 Å². The highest BCUT2D eigenvalue weighted by Crippen LogP contribution is 2.19. The Balaban J connectivity index is 1.72. The van der Waals surface area contributed by atoms with Crippen molar-refractivity contribution in [2.45, 2.75) is 25.8 Å². The predicted octanol–water partition coefficient (Wildman–Crippen LogP) is 3.27. The van der Waals surface area contributed by atoms with Gasteiger partial charge in [-0.1, -0.05) is 12.5 Å². The molecule has 0 atom stereocenters. The van der Waals surface area contributed by atoms with E-state index < -0.39 is 0 Å². The standard InChI is InChI=1S/C15H19FN2/c16-14-5-4-6-15-13(14)7-10-18(15)12-11-17-8-2-1-3-9-17/h4-7,10H,1-3,8-9,11-12H2. The van der Waals surface area contributed by atoms with Gasteiger partial charge in [-0.25, -0.2) is 4.39 Å². The third-order valence-electron chi connectivity index (χ3n) is 3.87. The number of piperidine rings is 1. The van der Waals surface area contributed by atoms with Crippen LogP contribution in [0.2, 0.25) is 0 Å². The van der Waals surface area contributed by atoms with Gasteiger partial charge >= 0.3 is 0 Å². The van der Waals surface area contributed by atoms with Crippen LogP contribution in [0, 0.1) is 5.82 Å². The lowest BCUT2D eigenvalue weighted by Crippen LogP contribution is -2.32. The average molecular weight is 246 g/mol. The van der Waals surface area contributed by atoms with Crippen LogP contribution in [-0.4, -0.2) is 29.1 Å². The molecule has 1 aromatic heterocycles. The summed E-state index contributed by atoms with van der Waals surface area (Å²) < 4.78 is 15.7. The van der Waals surface area contributed by atoms with Crippen LogP contribution >= 0.6 is 0 Å². The molecule has 0 spiro atoms. The molecule has 3 heteroatoms. The fourth-order valence-electron chi connectivity index (χ4n) is 2.81. The number of rotatable bonds is 3. The Kier molecular flexibility index (Phi) is 3.33. The number of halogens is 1. The summed E-state index contributed by atoms with van der Waals surface area (Å²) in [5.41, 5.74) is 1.01. The quantitative estimate of drug-likeness (QED) is 0.807. The minimum atomic E-state index is -0.121. The number of likely N-dealkylation sites (tertiary alicyclic amines) is 1. The first-order valence-corrected chi connectivity index (χ1v) is 6.80. The van der Waals surface area contributed by atoms with Gasteiger partial charge in [0.25, 0.3) is 0 Å². The number of nitrogens with zero attached hydrogens (tertiary/aromatic N) is 2. The van der Waals surface area contributed by atoms with Crippen molar-refractivity contribution in [3.05, 3.63) is 36.3 Å². The van der Waals surface area contributed by atoms with E-state index in [1.165, 1.54) is 38.4 Å². The molecule has 0 N–H and O–H groups in total. The molecule has 1 fully saturated rings. The summed E-state index contributed by atoms with van der Waals surface area (Å²) in [6.07, 6.45) is 6.01. The Morgan fingerprint density at radius 2 is 1.83 bits per heavy atom. The lowest BCUT2D eigenvalue weighted by molar-refractivity contribution is 0.221. The Morgan fingerprint density at radius 1 is 1.00 bits per heavy atom. The van der Waals surface area contributed by atoms with Gasteiger partial charge in [-0.15, -0.1) is 0 Å². The first kappa shape index (κ1) is 11.7. The van der Waals surface area contributed by atoms with E-state index in [4.69, 9.17) is 0 Å². The van der Waals surface area contributed by atoms with Gasteiger partial charge in [0.1, 0.15) is 5.82 Å². The molecule has 1 aliphatic rings. The van der Waals surface area contributed by atoms with Gasteiger partial charge in [-0.3, -0.25) is 0 Å². The molecule has 1 aliphatic heterocycles. The minimum Gasteiger partial charge on any atom is -0.346 e. The van der Waals surface area contributed by atoms with Crippen molar-refractivity contribution in [1.82, 2.24) is 9.47 Å². The predicted molar refractivity (Wildman–Crippen MR) is 72.2 cm³/mol. The molecule has 2 nitrogen and oxygen atoms in total. The van der Waals surface area contributed by atoms with E-state index in [0.717, 1.165) is 24.0 Å². The minimum absolute atomic E-state index is 0.121. The lowest BCUT2D eigenvalue weighted by Gasteiger charge is -2.26. The molecule has 0 saturated carbocycles. The number of benzene rings is 1. The summed E-state index contributed by atoms with van der Waals surface area (Å²) >= 11 is 0. The van der Waals surface area contributed by atoms with E-state index >= 15 is 0 Å². The van der Waals surface area contributed by atoms with Gasteiger partial charge in [-0.05, 0) is 44.1 Å². The topological polar surface area (TPSA) is 8.17 Å². The summed E-state index contributed by atoms with van der Waals surface area (Å²) in [6.45, 7) is 4.45. The Hall–Kier alpha value is -1.35. The molecule has 0 aliphatic carbocycles. The van der Waals surface area contributed by atoms with Crippen LogP contribution in [0.3, 0.4) is 0 Å². The largest absolute Gasteiger partial charge is 0.346 e. The van der Waals surface area contributed by atoms with E-state index in [-0.39, 0.29) is 5.82 Å². The van der Waals surface area contributed by atoms with Crippen LogP contribution in [0.15, 0.2) is 30.5 Å². The van der Waals surface area contributed by atoms with E-state index in [1.54, 1.807) is 6.07 Å². The first-order chi connectivity index (χ1) is 8.84. The summed E-state index contributed by atoms with van der Waals surface area (Å²) in [4.78, 5) is 2.51. The van der Waals surface area contributed by atoms with Crippen molar-refractivity contribution in [1.29, 1.82) is 0 Å². The molecule has 2 aromatic rings. The number of hydrogen-bond donors (Lipinski definition) is 0. The molecule has 0 unspecified atom stereocenters. The summed E-state index contributed by atoms with van der Waals surface area (Å²) in [6, 6.07) is 7.18. The number of aromatic nitrogens is 1. The van der Waals surface area contributed by atoms with E-state index in [9.17, 15) is 4.39 Å². The van der Waals surface area contributed by atoms with Crippen LogP contribution in [-0.2, 0) is 6.54 Å². The van der Waals surface area contributed by atoms with Gasteiger partial charge in [0, 0.05) is 24.7 Å². The molecule has 18 heavy (non-hydrogen) atoms. The lowest BCUT2D eigenvalue weighted by atomic mass is 10.1. The smallest absolute Gasteiger partial charge is 0.132 e. The molecule has 0 amide bonds. The van der Waals surface area contributed by atoms with Crippen molar-refractivity contribution in [2.24, 2.45) is 0 Å². The second kappa shape index (κ2) is 5.11. The average Bonchev–Trinajstić information content (AvgIpc) is 2.82. The monoisotopic (exact) mass is 246 g/mol. The molecular formula is C15H19FN2. The first-order valence-electron chi connectivity index (χ1n) is 6.80. The normalized spacial score (nSPS) is 17.4. The molecular weight excluding hydrogens is 227 g/mol. The molecule has 0 radical (unpaired) electrons. The van der Waals surface area contributed by atoms with Gasteiger partial charge in [0.05, 0.1) is 5.52 Å². The zero-order valence-corrected chi connectivity index (χ0v) is 10.6. The van der Waals surface area contributed by atoms with Crippen molar-refractivity contribution < 1.29 is 4.39 Å². The highest BCUT2D eigenvalue weighted by molar-refractivity contribution is 5.80.